The molecular formula is C20H24FN3O2. The number of aromatic nitrogens is 2. The summed E-state index contributed by atoms with van der Waals surface area (Å²) in [6, 6.07) is 4.12. The molecule has 0 spiro atoms. The largest absolute Gasteiger partial charge is 0.342 e. The number of carbonyl (C=O) groups excluding carboxylic acids is 1. The monoisotopic (exact) mass is 357 g/mol. The molecule has 1 aromatic heterocycles. The highest BCUT2D eigenvalue weighted by Crippen LogP contribution is 2.30. The molecule has 0 N–H and O–H groups in total. The molecule has 2 aromatic rings. The highest BCUT2D eigenvalue weighted by Gasteiger charge is 2.31. The van der Waals surface area contributed by atoms with Crippen molar-refractivity contribution in [1.29, 1.82) is 0 Å². The van der Waals surface area contributed by atoms with E-state index >= 15 is 0 Å². The van der Waals surface area contributed by atoms with Gasteiger partial charge in [-0.1, -0.05) is 6.42 Å². The zero-order valence-corrected chi connectivity index (χ0v) is 15.1. The van der Waals surface area contributed by atoms with Gasteiger partial charge in [-0.05, 0) is 50.7 Å². The summed E-state index contributed by atoms with van der Waals surface area (Å²) in [5.41, 5.74) is 0.296. The van der Waals surface area contributed by atoms with Crippen molar-refractivity contribution in [2.75, 3.05) is 13.1 Å². The summed E-state index contributed by atoms with van der Waals surface area (Å²) in [4.78, 5) is 31.5. The van der Waals surface area contributed by atoms with E-state index in [1.165, 1.54) is 24.6 Å². The first-order valence-electron chi connectivity index (χ1n) is 9.48. The number of likely N-dealkylation sites (tertiary alicyclic amines) is 1. The number of nitrogens with zero attached hydrogens (tertiary/aromatic N) is 3. The van der Waals surface area contributed by atoms with Gasteiger partial charge in [0.15, 0.2) is 0 Å². The third-order valence-electron chi connectivity index (χ3n) is 5.93. The summed E-state index contributed by atoms with van der Waals surface area (Å²) >= 11 is 0. The average molecular weight is 357 g/mol. The summed E-state index contributed by atoms with van der Waals surface area (Å²) in [6.45, 7) is 3.96. The zero-order chi connectivity index (χ0) is 18.3. The molecular weight excluding hydrogens is 333 g/mol. The van der Waals surface area contributed by atoms with Crippen LogP contribution in [-0.2, 0) is 11.3 Å². The van der Waals surface area contributed by atoms with E-state index in [0.717, 1.165) is 38.8 Å². The molecule has 2 fully saturated rings. The van der Waals surface area contributed by atoms with Crippen LogP contribution in [0.4, 0.5) is 4.39 Å². The molecule has 1 amide bonds. The van der Waals surface area contributed by atoms with Gasteiger partial charge in [0.05, 0.1) is 10.9 Å². The van der Waals surface area contributed by atoms with E-state index in [-0.39, 0.29) is 17.3 Å². The molecule has 138 valence electrons. The van der Waals surface area contributed by atoms with E-state index in [1.54, 1.807) is 11.5 Å². The predicted octanol–water partition coefficient (Wildman–Crippen LogP) is 2.88. The molecule has 2 aliphatic rings. The second-order valence-corrected chi connectivity index (χ2v) is 7.63. The number of hydrogen-bond acceptors (Lipinski definition) is 3. The minimum atomic E-state index is -0.384. The van der Waals surface area contributed by atoms with Gasteiger partial charge in [-0.15, -0.1) is 0 Å². The van der Waals surface area contributed by atoms with Gasteiger partial charge in [0.25, 0.3) is 5.56 Å². The number of piperidine rings is 1. The van der Waals surface area contributed by atoms with Gasteiger partial charge in [-0.3, -0.25) is 14.2 Å². The van der Waals surface area contributed by atoms with Crippen LogP contribution in [0.2, 0.25) is 0 Å². The molecule has 4 rings (SSSR count). The lowest BCUT2D eigenvalue weighted by Gasteiger charge is -2.36. The van der Waals surface area contributed by atoms with Crippen molar-refractivity contribution >= 4 is 16.8 Å². The van der Waals surface area contributed by atoms with Gasteiger partial charge in [0, 0.05) is 31.6 Å². The van der Waals surface area contributed by atoms with E-state index in [0.29, 0.717) is 35.1 Å². The Labute approximate surface area is 151 Å². The average Bonchev–Trinajstić information content (AvgIpc) is 2.57. The van der Waals surface area contributed by atoms with Crippen LogP contribution in [0.25, 0.3) is 10.9 Å². The van der Waals surface area contributed by atoms with Crippen LogP contribution in [0, 0.1) is 24.6 Å². The Morgan fingerprint density at radius 2 is 1.96 bits per heavy atom. The quantitative estimate of drug-likeness (QED) is 0.849. The number of amides is 1. The zero-order valence-electron chi connectivity index (χ0n) is 15.1. The first kappa shape index (κ1) is 17.2. The third-order valence-corrected chi connectivity index (χ3v) is 5.93. The first-order chi connectivity index (χ1) is 12.5. The van der Waals surface area contributed by atoms with Crippen LogP contribution in [0.5, 0.6) is 0 Å². The van der Waals surface area contributed by atoms with Gasteiger partial charge in [-0.25, -0.2) is 9.37 Å². The smallest absolute Gasteiger partial charge is 0.261 e. The van der Waals surface area contributed by atoms with Gasteiger partial charge in [-0.2, -0.15) is 0 Å². The summed E-state index contributed by atoms with van der Waals surface area (Å²) in [7, 11) is 0. The molecule has 5 nitrogen and oxygen atoms in total. The van der Waals surface area contributed by atoms with Crippen LogP contribution in [-0.4, -0.2) is 33.4 Å². The lowest BCUT2D eigenvalue weighted by molar-refractivity contribution is -0.139. The molecule has 1 aliphatic heterocycles. The summed E-state index contributed by atoms with van der Waals surface area (Å²) < 4.78 is 15.1. The lowest BCUT2D eigenvalue weighted by atomic mass is 9.83. The maximum Gasteiger partial charge on any atom is 0.261 e. The molecule has 1 saturated heterocycles. The van der Waals surface area contributed by atoms with Crippen LogP contribution in [0.3, 0.4) is 0 Å². The van der Waals surface area contributed by atoms with Crippen molar-refractivity contribution < 1.29 is 9.18 Å². The van der Waals surface area contributed by atoms with E-state index in [2.05, 4.69) is 4.98 Å². The topological polar surface area (TPSA) is 55.2 Å². The molecule has 6 heteroatoms. The highest BCUT2D eigenvalue weighted by atomic mass is 19.1. The molecule has 1 aliphatic carbocycles. The number of carbonyl (C=O) groups is 1. The number of aryl methyl sites for hydroxylation is 1. The predicted molar refractivity (Wildman–Crippen MR) is 97.3 cm³/mol. The van der Waals surface area contributed by atoms with Crippen LogP contribution < -0.4 is 5.56 Å². The highest BCUT2D eigenvalue weighted by molar-refractivity contribution is 5.79. The van der Waals surface area contributed by atoms with Crippen molar-refractivity contribution in [2.45, 2.75) is 45.6 Å². The SMILES string of the molecule is Cc1nc2cc(F)ccc2c(=O)n1CC1CCN(C(=O)C2CCC2)CC1. The maximum absolute atomic E-state index is 13.4. The number of benzene rings is 1. The standard InChI is InChI=1S/C20H24FN3O2/c1-13-22-18-11-16(21)5-6-17(18)20(26)24(13)12-14-7-9-23(10-8-14)19(25)15-3-2-4-15/h5-6,11,14-15H,2-4,7-10,12H2,1H3. The third kappa shape index (κ3) is 3.13. The minimum absolute atomic E-state index is 0.111. The lowest BCUT2D eigenvalue weighted by Crippen LogP contribution is -2.44. The summed E-state index contributed by atoms with van der Waals surface area (Å²) in [5, 5.41) is 0.453. The molecule has 0 atom stereocenters. The van der Waals surface area contributed by atoms with Crippen molar-refractivity contribution in [1.82, 2.24) is 14.5 Å². The molecule has 1 aromatic carbocycles. The Balaban J connectivity index is 1.47. The molecule has 2 heterocycles. The number of fused-ring (bicyclic) bond motifs is 1. The Hall–Kier alpha value is -2.24. The Morgan fingerprint density at radius 3 is 2.62 bits per heavy atom. The fourth-order valence-electron chi connectivity index (χ4n) is 4.03. The van der Waals surface area contributed by atoms with Crippen molar-refractivity contribution in [3.05, 3.63) is 40.2 Å². The maximum atomic E-state index is 13.4. The van der Waals surface area contributed by atoms with Gasteiger partial charge in [0.1, 0.15) is 11.6 Å². The minimum Gasteiger partial charge on any atom is -0.342 e. The molecule has 26 heavy (non-hydrogen) atoms. The number of rotatable bonds is 3. The molecule has 0 bridgehead atoms. The summed E-state index contributed by atoms with van der Waals surface area (Å²) in [5.74, 6) is 1.15. The van der Waals surface area contributed by atoms with E-state index < -0.39 is 0 Å². The Kier molecular flexibility index (Phi) is 4.51. The second-order valence-electron chi connectivity index (χ2n) is 7.63. The van der Waals surface area contributed by atoms with E-state index in [1.807, 2.05) is 4.90 Å². The van der Waals surface area contributed by atoms with Crippen molar-refractivity contribution in [2.24, 2.45) is 11.8 Å². The first-order valence-corrected chi connectivity index (χ1v) is 9.48. The van der Waals surface area contributed by atoms with Gasteiger partial charge >= 0.3 is 0 Å². The van der Waals surface area contributed by atoms with E-state index in [9.17, 15) is 14.0 Å². The number of hydrogen-bond donors (Lipinski definition) is 0. The van der Waals surface area contributed by atoms with Crippen LogP contribution in [0.1, 0.15) is 37.9 Å². The van der Waals surface area contributed by atoms with Crippen LogP contribution >= 0.6 is 0 Å². The van der Waals surface area contributed by atoms with Gasteiger partial charge < -0.3 is 4.90 Å². The van der Waals surface area contributed by atoms with E-state index in [4.69, 9.17) is 0 Å². The number of halogens is 1. The second kappa shape index (κ2) is 6.82. The summed E-state index contributed by atoms with van der Waals surface area (Å²) in [6.07, 6.45) is 5.07. The normalized spacial score (nSPS) is 18.9. The van der Waals surface area contributed by atoms with Gasteiger partial charge in [0.2, 0.25) is 5.91 Å². The fraction of sp³-hybridized carbons (Fsp3) is 0.550. The van der Waals surface area contributed by atoms with Crippen LogP contribution in [0.15, 0.2) is 23.0 Å². The Bertz CT molecular complexity index is 896. The fourth-order valence-corrected chi connectivity index (χ4v) is 4.03. The molecule has 1 saturated carbocycles. The Morgan fingerprint density at radius 1 is 1.23 bits per heavy atom. The molecule has 0 radical (unpaired) electrons. The van der Waals surface area contributed by atoms with Crippen molar-refractivity contribution in [3.8, 4) is 0 Å². The molecule has 0 unspecified atom stereocenters. The van der Waals surface area contributed by atoms with Crippen molar-refractivity contribution in [3.63, 3.8) is 0 Å².